The molecule has 0 aliphatic carbocycles. The first-order chi connectivity index (χ1) is 27.8. The zero-order valence-electron chi connectivity index (χ0n) is 35.5. The van der Waals surface area contributed by atoms with Crippen LogP contribution < -0.4 is 5.73 Å². The Hall–Kier alpha value is -3.07. The number of esters is 2. The van der Waals surface area contributed by atoms with Crippen LogP contribution in [0, 0.1) is 0 Å². The van der Waals surface area contributed by atoms with Crippen LogP contribution in [0.25, 0.3) is 0 Å². The zero-order chi connectivity index (χ0) is 41.8. The number of carbonyl (C=O) groups excluding carboxylic acids is 2. The lowest BCUT2D eigenvalue weighted by Crippen LogP contribution is -2.29. The van der Waals surface area contributed by atoms with Crippen molar-refractivity contribution in [1.29, 1.82) is 0 Å². The van der Waals surface area contributed by atoms with Gasteiger partial charge in [-0.15, -0.1) is 0 Å². The fraction of sp³-hybridized carbons (Fsp3) is 0.617. The molecular formula is C47H78NO8P. The lowest BCUT2D eigenvalue weighted by molar-refractivity contribution is -0.161. The van der Waals surface area contributed by atoms with Gasteiger partial charge in [0.25, 0.3) is 0 Å². The molecule has 0 heterocycles. The lowest BCUT2D eigenvalue weighted by atomic mass is 10.1. The van der Waals surface area contributed by atoms with Gasteiger partial charge < -0.3 is 20.1 Å². The van der Waals surface area contributed by atoms with Gasteiger partial charge in [0.1, 0.15) is 6.61 Å². The van der Waals surface area contributed by atoms with Crippen molar-refractivity contribution in [3.8, 4) is 0 Å². The van der Waals surface area contributed by atoms with Crippen LogP contribution in [-0.4, -0.2) is 49.3 Å². The summed E-state index contributed by atoms with van der Waals surface area (Å²) in [7, 11) is -4.41. The number of carbonyl (C=O) groups is 2. The van der Waals surface area contributed by atoms with Crippen molar-refractivity contribution < 1.29 is 37.6 Å². The maximum Gasteiger partial charge on any atom is 0.472 e. The van der Waals surface area contributed by atoms with Gasteiger partial charge in [-0.2, -0.15) is 0 Å². The van der Waals surface area contributed by atoms with E-state index < -0.39 is 32.5 Å². The van der Waals surface area contributed by atoms with Gasteiger partial charge in [0, 0.05) is 19.4 Å². The Morgan fingerprint density at radius 1 is 0.544 bits per heavy atom. The van der Waals surface area contributed by atoms with Crippen molar-refractivity contribution in [3.63, 3.8) is 0 Å². The molecule has 2 unspecified atom stereocenters. The van der Waals surface area contributed by atoms with Crippen LogP contribution in [0.4, 0.5) is 0 Å². The normalized spacial score (nSPS) is 14.2. The zero-order valence-corrected chi connectivity index (χ0v) is 36.4. The number of hydrogen-bond donors (Lipinski definition) is 2. The molecule has 57 heavy (non-hydrogen) atoms. The van der Waals surface area contributed by atoms with Crippen LogP contribution in [0.5, 0.6) is 0 Å². The number of unbranched alkanes of at least 4 members (excludes halogenated alkanes) is 10. The fourth-order valence-corrected chi connectivity index (χ4v) is 6.03. The highest BCUT2D eigenvalue weighted by molar-refractivity contribution is 7.47. The summed E-state index contributed by atoms with van der Waals surface area (Å²) in [6.07, 6.45) is 54.5. The molecule has 0 aliphatic rings. The van der Waals surface area contributed by atoms with Crippen LogP contribution in [0.2, 0.25) is 0 Å². The number of nitrogens with two attached hydrogens (primary N) is 1. The van der Waals surface area contributed by atoms with Crippen LogP contribution in [-0.2, 0) is 32.7 Å². The molecular weight excluding hydrogens is 737 g/mol. The average molecular weight is 816 g/mol. The van der Waals surface area contributed by atoms with Gasteiger partial charge in [-0.25, -0.2) is 4.57 Å². The van der Waals surface area contributed by atoms with Crippen LogP contribution in [0.1, 0.15) is 155 Å². The quantitative estimate of drug-likeness (QED) is 0.0269. The predicted molar refractivity (Wildman–Crippen MR) is 238 cm³/mol. The monoisotopic (exact) mass is 816 g/mol. The van der Waals surface area contributed by atoms with Crippen molar-refractivity contribution in [3.05, 3.63) is 97.2 Å². The molecule has 0 aromatic carbocycles. The number of rotatable bonds is 39. The van der Waals surface area contributed by atoms with Gasteiger partial charge in [0.15, 0.2) is 6.10 Å². The van der Waals surface area contributed by atoms with Crippen molar-refractivity contribution >= 4 is 19.8 Å². The second kappa shape index (κ2) is 42.5. The highest BCUT2D eigenvalue weighted by Gasteiger charge is 2.25. The van der Waals surface area contributed by atoms with E-state index in [-0.39, 0.29) is 32.6 Å². The van der Waals surface area contributed by atoms with E-state index in [1.54, 1.807) is 0 Å². The Morgan fingerprint density at radius 2 is 0.982 bits per heavy atom. The van der Waals surface area contributed by atoms with E-state index in [1.165, 1.54) is 38.5 Å². The number of phosphoric acid groups is 1. The highest BCUT2D eigenvalue weighted by Crippen LogP contribution is 2.43. The first-order valence-corrected chi connectivity index (χ1v) is 23.2. The Morgan fingerprint density at radius 3 is 1.49 bits per heavy atom. The van der Waals surface area contributed by atoms with E-state index in [9.17, 15) is 19.0 Å². The molecule has 0 saturated heterocycles. The van der Waals surface area contributed by atoms with Gasteiger partial charge in [0.05, 0.1) is 13.2 Å². The maximum absolute atomic E-state index is 12.6. The van der Waals surface area contributed by atoms with E-state index in [4.69, 9.17) is 24.3 Å². The summed E-state index contributed by atoms with van der Waals surface area (Å²) < 4.78 is 32.7. The van der Waals surface area contributed by atoms with Crippen LogP contribution >= 0.6 is 7.82 Å². The molecule has 2 atom stereocenters. The standard InChI is InChI=1S/C47H78NO8P/c1-3-5-7-9-11-13-15-17-19-21-22-24-25-27-29-31-33-35-37-39-46(49)53-43-45(44-55-57(51,52)54-42-41-48)56-47(50)40-38-36-34-32-30-28-26-23-20-18-16-14-12-10-8-6-4-2/h5,7,11,13,17-20,22,24,26-29,32,34,45H,3-4,6,8-10,12,14-16,21,23,25,30-31,33,35-44,48H2,1-2H3,(H,51,52). The van der Waals surface area contributed by atoms with Crippen molar-refractivity contribution in [2.45, 2.75) is 161 Å². The number of hydrogen-bond acceptors (Lipinski definition) is 8. The van der Waals surface area contributed by atoms with E-state index in [1.807, 2.05) is 6.08 Å². The number of phosphoric ester groups is 1. The second-order valence-electron chi connectivity index (χ2n) is 13.8. The van der Waals surface area contributed by atoms with E-state index in [0.29, 0.717) is 19.3 Å². The Balaban J connectivity index is 4.33. The van der Waals surface area contributed by atoms with Crippen LogP contribution in [0.3, 0.4) is 0 Å². The van der Waals surface area contributed by atoms with Gasteiger partial charge in [-0.3, -0.25) is 18.6 Å². The van der Waals surface area contributed by atoms with Crippen LogP contribution in [0.15, 0.2) is 97.2 Å². The summed E-state index contributed by atoms with van der Waals surface area (Å²) in [6, 6.07) is 0. The molecule has 324 valence electrons. The summed E-state index contributed by atoms with van der Waals surface area (Å²) in [5.74, 6) is -0.938. The third kappa shape index (κ3) is 42.4. The second-order valence-corrected chi connectivity index (χ2v) is 15.3. The molecule has 0 aromatic heterocycles. The molecule has 0 bridgehead atoms. The number of allylic oxidation sites excluding steroid dienone is 16. The first-order valence-electron chi connectivity index (χ1n) is 21.7. The van der Waals surface area contributed by atoms with Gasteiger partial charge >= 0.3 is 19.8 Å². The molecule has 9 nitrogen and oxygen atoms in total. The molecule has 10 heteroatoms. The molecule has 0 fully saturated rings. The fourth-order valence-electron chi connectivity index (χ4n) is 5.26. The van der Waals surface area contributed by atoms with E-state index in [2.05, 4.69) is 105 Å². The average Bonchev–Trinajstić information content (AvgIpc) is 3.20. The molecule has 0 radical (unpaired) electrons. The molecule has 0 saturated carbocycles. The molecule has 0 aliphatic heterocycles. The number of ether oxygens (including phenoxy) is 2. The maximum atomic E-state index is 12.6. The van der Waals surface area contributed by atoms with E-state index in [0.717, 1.165) is 70.6 Å². The SMILES string of the molecule is CCC=CCC=CCC=CCC=CCC=CCCCCCC(=O)OCC(COP(=O)(O)OCCN)OC(=O)CCCC=CCC=CCC=CCCCCCCCC. The summed E-state index contributed by atoms with van der Waals surface area (Å²) >= 11 is 0. The Kier molecular flexibility index (Phi) is 40.2. The molecule has 0 rings (SSSR count). The smallest absolute Gasteiger partial charge is 0.462 e. The highest BCUT2D eigenvalue weighted by atomic mass is 31.2. The summed E-state index contributed by atoms with van der Waals surface area (Å²) in [6.45, 7) is 3.49. The van der Waals surface area contributed by atoms with Gasteiger partial charge in [-0.1, -0.05) is 150 Å². The largest absolute Gasteiger partial charge is 0.472 e. The molecule has 0 amide bonds. The minimum atomic E-state index is -4.41. The summed E-state index contributed by atoms with van der Waals surface area (Å²) in [5, 5.41) is 0. The molecule has 3 N–H and O–H groups in total. The van der Waals surface area contributed by atoms with Crippen molar-refractivity contribution in [2.75, 3.05) is 26.4 Å². The van der Waals surface area contributed by atoms with E-state index >= 15 is 0 Å². The Labute approximate surface area is 346 Å². The van der Waals surface area contributed by atoms with Crippen molar-refractivity contribution in [1.82, 2.24) is 0 Å². The minimum Gasteiger partial charge on any atom is -0.462 e. The molecule has 0 aromatic rings. The summed E-state index contributed by atoms with van der Waals surface area (Å²) in [4.78, 5) is 34.8. The van der Waals surface area contributed by atoms with Gasteiger partial charge in [0.2, 0.25) is 0 Å². The summed E-state index contributed by atoms with van der Waals surface area (Å²) in [5.41, 5.74) is 5.34. The van der Waals surface area contributed by atoms with Gasteiger partial charge in [-0.05, 0) is 89.9 Å². The first kappa shape index (κ1) is 53.9. The van der Waals surface area contributed by atoms with Crippen molar-refractivity contribution in [2.24, 2.45) is 5.73 Å². The molecule has 0 spiro atoms. The topological polar surface area (TPSA) is 134 Å². The predicted octanol–water partition coefficient (Wildman–Crippen LogP) is 12.6. The Bertz CT molecular complexity index is 1250. The lowest BCUT2D eigenvalue weighted by Gasteiger charge is -2.19. The minimum absolute atomic E-state index is 0.0354. The third-order valence-corrected chi connectivity index (χ3v) is 9.44. The third-order valence-electron chi connectivity index (χ3n) is 8.45.